The third kappa shape index (κ3) is 4.50. The van der Waals surface area contributed by atoms with E-state index in [9.17, 15) is 4.39 Å². The molecule has 0 saturated heterocycles. The van der Waals surface area contributed by atoms with E-state index < -0.39 is 0 Å². The molecule has 0 N–H and O–H groups in total. The van der Waals surface area contributed by atoms with Crippen LogP contribution in [0, 0.1) is 12.7 Å². The van der Waals surface area contributed by atoms with E-state index in [-0.39, 0.29) is 5.82 Å². The second-order valence-electron chi connectivity index (χ2n) is 5.68. The topological polar surface area (TPSA) is 39.9 Å². The lowest BCUT2D eigenvalue weighted by Crippen LogP contribution is -2.04. The Balaban J connectivity index is 1.63. The Hall–Kier alpha value is -1.76. The van der Waals surface area contributed by atoms with Gasteiger partial charge in [0.05, 0.1) is 0 Å². The van der Waals surface area contributed by atoms with Crippen molar-refractivity contribution in [1.82, 2.24) is 14.8 Å². The summed E-state index contributed by atoms with van der Waals surface area (Å²) in [6.07, 6.45) is 0. The molecule has 8 heteroatoms. The molecule has 1 aromatic heterocycles. The van der Waals surface area contributed by atoms with Crippen molar-refractivity contribution in [3.63, 3.8) is 0 Å². The van der Waals surface area contributed by atoms with Gasteiger partial charge in [0.2, 0.25) is 0 Å². The van der Waals surface area contributed by atoms with E-state index in [1.165, 1.54) is 23.9 Å². The van der Waals surface area contributed by atoms with E-state index in [1.807, 2.05) is 30.7 Å². The fourth-order valence-corrected chi connectivity index (χ4v) is 3.60. The normalized spacial score (nSPS) is 11.0. The molecule has 4 nitrogen and oxygen atoms in total. The number of benzene rings is 2. The number of hydrogen-bond donors (Lipinski definition) is 0. The minimum atomic E-state index is -0.348. The van der Waals surface area contributed by atoms with E-state index >= 15 is 0 Å². The maximum atomic E-state index is 13.1. The van der Waals surface area contributed by atoms with Gasteiger partial charge in [0.25, 0.3) is 0 Å². The van der Waals surface area contributed by atoms with E-state index in [2.05, 4.69) is 10.2 Å². The summed E-state index contributed by atoms with van der Waals surface area (Å²) >= 11 is 13.5. The second-order valence-corrected chi connectivity index (χ2v) is 7.44. The van der Waals surface area contributed by atoms with Crippen LogP contribution in [-0.2, 0) is 19.4 Å². The van der Waals surface area contributed by atoms with E-state index in [0.29, 0.717) is 28.2 Å². The molecule has 0 aliphatic carbocycles. The third-order valence-corrected chi connectivity index (χ3v) is 5.64. The van der Waals surface area contributed by atoms with Crippen molar-refractivity contribution < 1.29 is 9.13 Å². The average Bonchev–Trinajstić information content (AvgIpc) is 2.95. The Labute approximate surface area is 165 Å². The molecule has 3 rings (SSSR count). The van der Waals surface area contributed by atoms with Crippen LogP contribution in [0.2, 0.25) is 10.0 Å². The van der Waals surface area contributed by atoms with E-state index in [1.54, 1.807) is 12.1 Å². The molecular weight excluding hydrogens is 396 g/mol. The van der Waals surface area contributed by atoms with Gasteiger partial charge in [-0.05, 0) is 48.4 Å². The van der Waals surface area contributed by atoms with Crippen LogP contribution in [0.25, 0.3) is 0 Å². The highest BCUT2D eigenvalue weighted by Crippen LogP contribution is 2.27. The van der Waals surface area contributed by atoms with Crippen molar-refractivity contribution in [2.24, 2.45) is 7.05 Å². The quantitative estimate of drug-likeness (QED) is 0.506. The fraction of sp³-hybridized carbons (Fsp3) is 0.222. The standard InChI is InChI=1S/C18H16Cl2FN3OS/c1-11-7-14(5-6-15(11)19)25-9-17-22-23-18(24(17)2)26-10-12-3-4-13(21)8-16(12)20/h3-8H,9-10H2,1-2H3. The molecule has 2 aromatic carbocycles. The number of aryl methyl sites for hydroxylation is 1. The molecule has 0 atom stereocenters. The Kier molecular flexibility index (Phi) is 6.06. The van der Waals surface area contributed by atoms with Crippen LogP contribution in [-0.4, -0.2) is 14.8 Å². The maximum absolute atomic E-state index is 13.1. The number of nitrogens with zero attached hydrogens (tertiary/aromatic N) is 3. The molecule has 3 aromatic rings. The lowest BCUT2D eigenvalue weighted by Gasteiger charge is -2.08. The maximum Gasteiger partial charge on any atom is 0.191 e. The van der Waals surface area contributed by atoms with Crippen molar-refractivity contribution >= 4 is 35.0 Å². The van der Waals surface area contributed by atoms with Crippen molar-refractivity contribution in [2.45, 2.75) is 24.4 Å². The first-order valence-electron chi connectivity index (χ1n) is 7.78. The van der Waals surface area contributed by atoms with Crippen LogP contribution < -0.4 is 4.74 Å². The van der Waals surface area contributed by atoms with Gasteiger partial charge in [-0.25, -0.2) is 4.39 Å². The monoisotopic (exact) mass is 411 g/mol. The highest BCUT2D eigenvalue weighted by molar-refractivity contribution is 7.98. The fourth-order valence-electron chi connectivity index (χ4n) is 2.23. The predicted molar refractivity (Wildman–Crippen MR) is 102 cm³/mol. The molecule has 0 aliphatic heterocycles. The third-order valence-electron chi connectivity index (χ3n) is 3.79. The molecule has 0 bridgehead atoms. The first-order chi connectivity index (χ1) is 12.4. The number of aromatic nitrogens is 3. The zero-order valence-corrected chi connectivity index (χ0v) is 16.5. The predicted octanol–water partition coefficient (Wildman–Crippen LogP) is 5.44. The molecule has 0 saturated carbocycles. The zero-order valence-electron chi connectivity index (χ0n) is 14.2. The summed E-state index contributed by atoms with van der Waals surface area (Å²) in [5.41, 5.74) is 1.80. The summed E-state index contributed by atoms with van der Waals surface area (Å²) in [6.45, 7) is 2.22. The summed E-state index contributed by atoms with van der Waals surface area (Å²) in [7, 11) is 1.88. The smallest absolute Gasteiger partial charge is 0.191 e. The molecule has 0 amide bonds. The van der Waals surface area contributed by atoms with Gasteiger partial charge in [0.1, 0.15) is 18.2 Å². The lowest BCUT2D eigenvalue weighted by molar-refractivity contribution is 0.290. The van der Waals surface area contributed by atoms with Gasteiger partial charge in [-0.15, -0.1) is 10.2 Å². The first kappa shape index (κ1) is 19.0. The summed E-state index contributed by atoms with van der Waals surface area (Å²) in [6, 6.07) is 9.88. The van der Waals surface area contributed by atoms with Gasteiger partial charge < -0.3 is 9.30 Å². The van der Waals surface area contributed by atoms with Crippen LogP contribution in [0.3, 0.4) is 0 Å². The number of thioether (sulfide) groups is 1. The Morgan fingerprint density at radius 3 is 2.65 bits per heavy atom. The average molecular weight is 412 g/mol. The van der Waals surface area contributed by atoms with Crippen LogP contribution in [0.15, 0.2) is 41.6 Å². The van der Waals surface area contributed by atoms with Crippen LogP contribution in [0.1, 0.15) is 17.0 Å². The molecular formula is C18H16Cl2FN3OS. The Morgan fingerprint density at radius 1 is 1.12 bits per heavy atom. The van der Waals surface area contributed by atoms with Crippen molar-refractivity contribution in [3.05, 3.63) is 69.2 Å². The van der Waals surface area contributed by atoms with Gasteiger partial charge in [-0.2, -0.15) is 0 Å². The summed E-state index contributed by atoms with van der Waals surface area (Å²) in [4.78, 5) is 0. The molecule has 26 heavy (non-hydrogen) atoms. The van der Waals surface area contributed by atoms with Crippen molar-refractivity contribution in [1.29, 1.82) is 0 Å². The largest absolute Gasteiger partial charge is 0.486 e. The molecule has 136 valence electrons. The molecule has 0 fully saturated rings. The molecule has 0 unspecified atom stereocenters. The number of rotatable bonds is 6. The van der Waals surface area contributed by atoms with Crippen LogP contribution in [0.5, 0.6) is 5.75 Å². The van der Waals surface area contributed by atoms with Gasteiger partial charge in [-0.3, -0.25) is 0 Å². The summed E-state index contributed by atoms with van der Waals surface area (Å²) in [5, 5.41) is 10.2. The van der Waals surface area contributed by atoms with Gasteiger partial charge in [-0.1, -0.05) is 41.0 Å². The van der Waals surface area contributed by atoms with E-state index in [4.69, 9.17) is 27.9 Å². The van der Waals surface area contributed by atoms with Crippen LogP contribution >= 0.6 is 35.0 Å². The lowest BCUT2D eigenvalue weighted by atomic mass is 10.2. The number of halogens is 3. The molecule has 0 spiro atoms. The summed E-state index contributed by atoms with van der Waals surface area (Å²) in [5.74, 6) is 1.65. The molecule has 0 aliphatic rings. The number of ether oxygens (including phenoxy) is 1. The van der Waals surface area contributed by atoms with Gasteiger partial charge in [0.15, 0.2) is 11.0 Å². The highest BCUT2D eigenvalue weighted by Gasteiger charge is 2.12. The number of hydrogen-bond acceptors (Lipinski definition) is 4. The SMILES string of the molecule is Cc1cc(OCc2nnc(SCc3ccc(F)cc3Cl)n2C)ccc1Cl. The van der Waals surface area contributed by atoms with Gasteiger partial charge >= 0.3 is 0 Å². The minimum Gasteiger partial charge on any atom is -0.486 e. The van der Waals surface area contributed by atoms with Crippen LogP contribution in [0.4, 0.5) is 4.39 Å². The second kappa shape index (κ2) is 8.29. The summed E-state index contributed by atoms with van der Waals surface area (Å²) < 4.78 is 20.7. The molecule has 0 radical (unpaired) electrons. The molecule has 1 heterocycles. The first-order valence-corrected chi connectivity index (χ1v) is 9.52. The van der Waals surface area contributed by atoms with Crippen molar-refractivity contribution in [2.75, 3.05) is 0 Å². The van der Waals surface area contributed by atoms with Gasteiger partial charge in [0, 0.05) is 22.8 Å². The van der Waals surface area contributed by atoms with E-state index in [0.717, 1.165) is 22.0 Å². The Morgan fingerprint density at radius 2 is 1.92 bits per heavy atom. The Bertz CT molecular complexity index is 933. The minimum absolute atomic E-state index is 0.294. The zero-order chi connectivity index (χ0) is 18.7. The highest BCUT2D eigenvalue weighted by atomic mass is 35.5. The van der Waals surface area contributed by atoms with Crippen molar-refractivity contribution in [3.8, 4) is 5.75 Å².